The van der Waals surface area contributed by atoms with Crippen molar-refractivity contribution >= 4 is 28.6 Å². The molecule has 0 saturated heterocycles. The lowest BCUT2D eigenvalue weighted by Gasteiger charge is -2.10. The number of carbonyl (C=O) groups excluding carboxylic acids is 1. The summed E-state index contributed by atoms with van der Waals surface area (Å²) >= 11 is 2.22. The van der Waals surface area contributed by atoms with Crippen molar-refractivity contribution in [1.29, 1.82) is 0 Å². The molecule has 0 N–H and O–H groups in total. The van der Waals surface area contributed by atoms with Crippen LogP contribution in [0.5, 0.6) is 5.75 Å². The van der Waals surface area contributed by atoms with Gasteiger partial charge < -0.3 is 9.47 Å². The summed E-state index contributed by atoms with van der Waals surface area (Å²) in [5.74, 6) is 0.604. The highest BCUT2D eigenvalue weighted by Gasteiger charge is 2.16. The summed E-state index contributed by atoms with van der Waals surface area (Å²) in [5.41, 5.74) is 0.896. The van der Waals surface area contributed by atoms with Gasteiger partial charge in [-0.25, -0.2) is 0 Å². The summed E-state index contributed by atoms with van der Waals surface area (Å²) in [6.45, 7) is 0.998. The average Bonchev–Trinajstić information content (AvgIpc) is 2.30. The van der Waals surface area contributed by atoms with E-state index in [1.807, 2.05) is 24.3 Å². The molecule has 1 aromatic carbocycles. The average molecular weight is 318 g/mol. The van der Waals surface area contributed by atoms with Crippen LogP contribution in [0.15, 0.2) is 24.3 Å². The van der Waals surface area contributed by atoms with E-state index in [0.29, 0.717) is 19.6 Å². The fraction of sp³-hybridized carbons (Fsp3) is 0.364. The summed E-state index contributed by atoms with van der Waals surface area (Å²) in [7, 11) is 0. The highest BCUT2D eigenvalue weighted by molar-refractivity contribution is 14.1. The third-order valence-electron chi connectivity index (χ3n) is 2.15. The van der Waals surface area contributed by atoms with Gasteiger partial charge in [0.25, 0.3) is 0 Å². The first-order valence-corrected chi connectivity index (χ1v) is 6.00. The van der Waals surface area contributed by atoms with Gasteiger partial charge in [0.15, 0.2) is 0 Å². The molecule has 0 saturated carbocycles. The zero-order valence-electron chi connectivity index (χ0n) is 8.11. The Morgan fingerprint density at radius 2 is 1.93 bits per heavy atom. The molecule has 1 aromatic rings. The molecule has 0 amide bonds. The van der Waals surface area contributed by atoms with Gasteiger partial charge in [-0.15, -0.1) is 0 Å². The van der Waals surface area contributed by atoms with Crippen LogP contribution in [0, 0.1) is 0 Å². The second-order valence-electron chi connectivity index (χ2n) is 3.38. The molecular formula is C11H11IO3. The van der Waals surface area contributed by atoms with Crippen LogP contribution in [0.3, 0.4) is 0 Å². The van der Waals surface area contributed by atoms with Crippen LogP contribution in [-0.2, 0) is 16.0 Å². The van der Waals surface area contributed by atoms with E-state index in [4.69, 9.17) is 9.47 Å². The predicted molar refractivity (Wildman–Crippen MR) is 64.4 cm³/mol. The van der Waals surface area contributed by atoms with Crippen molar-refractivity contribution in [3.8, 4) is 5.75 Å². The van der Waals surface area contributed by atoms with Gasteiger partial charge in [0.1, 0.15) is 19.0 Å². The summed E-state index contributed by atoms with van der Waals surface area (Å²) < 4.78 is 10.9. The predicted octanol–water partition coefficient (Wildman–Crippen LogP) is 1.97. The molecule has 1 aliphatic rings. The molecule has 0 radical (unpaired) electrons. The summed E-state index contributed by atoms with van der Waals surface area (Å²) in [6.07, 6.45) is 0.291. The first-order valence-electron chi connectivity index (χ1n) is 4.76. The SMILES string of the molecule is O=C1Cc2ccccc2OCC(I)CO1. The maximum absolute atomic E-state index is 11.4. The van der Waals surface area contributed by atoms with E-state index in [1.54, 1.807) is 0 Å². The summed E-state index contributed by atoms with van der Waals surface area (Å²) in [6, 6.07) is 7.58. The molecule has 1 unspecified atom stereocenters. The lowest BCUT2D eigenvalue weighted by atomic mass is 10.1. The zero-order valence-corrected chi connectivity index (χ0v) is 10.3. The van der Waals surface area contributed by atoms with Crippen molar-refractivity contribution in [2.45, 2.75) is 10.3 Å². The van der Waals surface area contributed by atoms with Crippen molar-refractivity contribution in [3.05, 3.63) is 29.8 Å². The van der Waals surface area contributed by atoms with Gasteiger partial charge in [-0.2, -0.15) is 0 Å². The van der Waals surface area contributed by atoms with Crippen molar-refractivity contribution in [3.63, 3.8) is 0 Å². The number of esters is 1. The van der Waals surface area contributed by atoms with E-state index in [9.17, 15) is 4.79 Å². The Bertz CT molecular complexity index is 365. The molecule has 0 bridgehead atoms. The Hall–Kier alpha value is -0.780. The molecule has 1 atom stereocenters. The number of hydrogen-bond acceptors (Lipinski definition) is 3. The minimum Gasteiger partial charge on any atom is -0.492 e. The first kappa shape index (κ1) is 10.7. The number of alkyl halides is 1. The maximum atomic E-state index is 11.4. The lowest BCUT2D eigenvalue weighted by Crippen LogP contribution is -2.18. The van der Waals surface area contributed by atoms with Crippen molar-refractivity contribution in [2.75, 3.05) is 13.2 Å². The number of ether oxygens (including phenoxy) is 2. The van der Waals surface area contributed by atoms with Crippen molar-refractivity contribution in [1.82, 2.24) is 0 Å². The van der Waals surface area contributed by atoms with Gasteiger partial charge in [0.2, 0.25) is 0 Å². The van der Waals surface area contributed by atoms with Crippen LogP contribution in [0.1, 0.15) is 5.56 Å². The zero-order chi connectivity index (χ0) is 10.7. The maximum Gasteiger partial charge on any atom is 0.310 e. The number of rotatable bonds is 0. The Morgan fingerprint density at radius 3 is 2.80 bits per heavy atom. The Balaban J connectivity index is 2.25. The summed E-state index contributed by atoms with van der Waals surface area (Å²) in [4.78, 5) is 11.4. The van der Waals surface area contributed by atoms with Gasteiger partial charge in [0, 0.05) is 5.56 Å². The van der Waals surface area contributed by atoms with Crippen molar-refractivity contribution in [2.24, 2.45) is 0 Å². The highest BCUT2D eigenvalue weighted by Crippen LogP contribution is 2.21. The molecule has 0 spiro atoms. The normalized spacial score (nSPS) is 21.4. The molecule has 1 aliphatic heterocycles. The van der Waals surface area contributed by atoms with E-state index in [-0.39, 0.29) is 9.89 Å². The quantitative estimate of drug-likeness (QED) is 0.417. The van der Waals surface area contributed by atoms with E-state index in [0.717, 1.165) is 11.3 Å². The van der Waals surface area contributed by atoms with E-state index in [1.165, 1.54) is 0 Å². The second kappa shape index (κ2) is 4.83. The largest absolute Gasteiger partial charge is 0.492 e. The van der Waals surface area contributed by atoms with E-state index >= 15 is 0 Å². The van der Waals surface area contributed by atoms with Crippen LogP contribution in [0.2, 0.25) is 0 Å². The van der Waals surface area contributed by atoms with Crippen LogP contribution < -0.4 is 4.74 Å². The number of fused-ring (bicyclic) bond motifs is 1. The topological polar surface area (TPSA) is 35.5 Å². The highest BCUT2D eigenvalue weighted by atomic mass is 127. The minimum absolute atomic E-state index is 0.186. The fourth-order valence-electron chi connectivity index (χ4n) is 1.41. The standard InChI is InChI=1S/C11H11IO3/c12-9-6-14-10-4-2-1-3-8(10)5-11(13)15-7-9/h1-4,9H,5-7H2. The number of para-hydroxylation sites is 1. The fourth-order valence-corrected chi connectivity index (χ4v) is 1.77. The monoisotopic (exact) mass is 318 g/mol. The number of carbonyl (C=O) groups is 1. The van der Waals surface area contributed by atoms with Crippen LogP contribution >= 0.6 is 22.6 Å². The third-order valence-corrected chi connectivity index (χ3v) is 2.87. The molecule has 0 fully saturated rings. The molecular weight excluding hydrogens is 307 g/mol. The van der Waals surface area contributed by atoms with Crippen LogP contribution in [-0.4, -0.2) is 23.1 Å². The van der Waals surface area contributed by atoms with E-state index in [2.05, 4.69) is 22.6 Å². The second-order valence-corrected chi connectivity index (χ2v) is 5.14. The van der Waals surface area contributed by atoms with Gasteiger partial charge >= 0.3 is 5.97 Å². The van der Waals surface area contributed by atoms with Crippen molar-refractivity contribution < 1.29 is 14.3 Å². The number of hydrogen-bond donors (Lipinski definition) is 0. The van der Waals surface area contributed by atoms with Gasteiger partial charge in [0.05, 0.1) is 10.3 Å². The minimum atomic E-state index is -0.186. The molecule has 80 valence electrons. The van der Waals surface area contributed by atoms with E-state index < -0.39 is 0 Å². The molecule has 2 rings (SSSR count). The Labute approximate surface area is 102 Å². The molecule has 0 aliphatic carbocycles. The Kier molecular flexibility index (Phi) is 3.45. The molecule has 0 aromatic heterocycles. The van der Waals surface area contributed by atoms with Crippen LogP contribution in [0.25, 0.3) is 0 Å². The number of halogens is 1. The third kappa shape index (κ3) is 2.84. The Morgan fingerprint density at radius 1 is 1.20 bits per heavy atom. The molecule has 1 heterocycles. The number of cyclic esters (lactones) is 1. The first-order chi connectivity index (χ1) is 7.25. The number of benzene rings is 1. The van der Waals surface area contributed by atoms with Gasteiger partial charge in [-0.1, -0.05) is 40.8 Å². The van der Waals surface area contributed by atoms with Gasteiger partial charge in [-0.05, 0) is 6.07 Å². The molecule has 15 heavy (non-hydrogen) atoms. The molecule has 3 nitrogen and oxygen atoms in total. The summed E-state index contributed by atoms with van der Waals surface area (Å²) in [5, 5.41) is 0. The molecule has 4 heteroatoms. The lowest BCUT2D eigenvalue weighted by molar-refractivity contribution is -0.142. The van der Waals surface area contributed by atoms with Crippen LogP contribution in [0.4, 0.5) is 0 Å². The smallest absolute Gasteiger partial charge is 0.310 e. The van der Waals surface area contributed by atoms with Gasteiger partial charge in [-0.3, -0.25) is 4.79 Å².